The summed E-state index contributed by atoms with van der Waals surface area (Å²) in [6.45, 7) is 10.6. The van der Waals surface area contributed by atoms with Gasteiger partial charge in [-0.3, -0.25) is 0 Å². The molecule has 0 spiro atoms. The van der Waals surface area contributed by atoms with Gasteiger partial charge in [0.05, 0.1) is 0 Å². The predicted octanol–water partition coefficient (Wildman–Crippen LogP) is 4.37. The lowest BCUT2D eigenvalue weighted by atomic mass is 9.81. The third kappa shape index (κ3) is 3.76. The summed E-state index contributed by atoms with van der Waals surface area (Å²) < 4.78 is 0. The number of rotatable bonds is 6. The van der Waals surface area contributed by atoms with Gasteiger partial charge in [-0.25, -0.2) is 0 Å². The van der Waals surface area contributed by atoms with E-state index in [1.807, 2.05) is 0 Å². The molecule has 1 N–H and O–H groups in total. The van der Waals surface area contributed by atoms with E-state index >= 15 is 0 Å². The van der Waals surface area contributed by atoms with Crippen LogP contribution >= 0.6 is 0 Å². The Bertz CT molecular complexity index is 176. The highest BCUT2D eigenvalue weighted by molar-refractivity contribution is 4.85. The molecule has 0 amide bonds. The summed E-state index contributed by atoms with van der Waals surface area (Å²) in [7, 11) is 0. The quantitative estimate of drug-likeness (QED) is 0.708. The zero-order chi connectivity index (χ0) is 12.0. The maximum absolute atomic E-state index is 3.87. The molecule has 1 saturated carbocycles. The predicted molar refractivity (Wildman–Crippen MR) is 72.7 cm³/mol. The van der Waals surface area contributed by atoms with E-state index in [1.165, 1.54) is 51.5 Å². The van der Waals surface area contributed by atoms with Crippen molar-refractivity contribution in [3.05, 3.63) is 0 Å². The van der Waals surface area contributed by atoms with Crippen LogP contribution in [0.4, 0.5) is 0 Å². The molecule has 2 atom stereocenters. The average molecular weight is 225 g/mol. The molecule has 0 aromatic heterocycles. The van der Waals surface area contributed by atoms with Crippen molar-refractivity contribution in [2.24, 2.45) is 11.8 Å². The summed E-state index contributed by atoms with van der Waals surface area (Å²) in [5.74, 6) is 1.90. The fourth-order valence-electron chi connectivity index (χ4n) is 3.23. The smallest absolute Gasteiger partial charge is 0.0173 e. The monoisotopic (exact) mass is 225 g/mol. The van der Waals surface area contributed by atoms with Gasteiger partial charge in [0.15, 0.2) is 0 Å². The Morgan fingerprint density at radius 2 is 1.69 bits per heavy atom. The summed E-state index contributed by atoms with van der Waals surface area (Å²) in [5, 5.41) is 3.87. The second-order valence-electron chi connectivity index (χ2n) is 5.86. The SMILES string of the molecule is CCC(CC)(CC)NCC1CCCC(C)C1. The van der Waals surface area contributed by atoms with E-state index in [0.29, 0.717) is 5.54 Å². The standard InChI is InChI=1S/C15H31N/c1-5-15(6-2,7-3)16-12-14-10-8-9-13(4)11-14/h13-14,16H,5-12H2,1-4H3. The first-order chi connectivity index (χ1) is 7.65. The largest absolute Gasteiger partial charge is 0.311 e. The molecule has 0 aromatic rings. The minimum atomic E-state index is 0.417. The van der Waals surface area contributed by atoms with Gasteiger partial charge in [0.1, 0.15) is 0 Å². The van der Waals surface area contributed by atoms with Crippen LogP contribution in [-0.4, -0.2) is 12.1 Å². The number of hydrogen-bond donors (Lipinski definition) is 1. The third-order valence-corrected chi connectivity index (χ3v) is 4.84. The Labute approximate surface area is 102 Å². The van der Waals surface area contributed by atoms with Crippen molar-refractivity contribution in [3.63, 3.8) is 0 Å². The van der Waals surface area contributed by atoms with E-state index in [1.54, 1.807) is 0 Å². The van der Waals surface area contributed by atoms with Crippen molar-refractivity contribution in [3.8, 4) is 0 Å². The van der Waals surface area contributed by atoms with Crippen molar-refractivity contribution >= 4 is 0 Å². The zero-order valence-corrected chi connectivity index (χ0v) is 11.8. The Balaban J connectivity index is 2.36. The molecule has 0 radical (unpaired) electrons. The normalized spacial score (nSPS) is 27.0. The van der Waals surface area contributed by atoms with E-state index < -0.39 is 0 Å². The summed E-state index contributed by atoms with van der Waals surface area (Å²) in [6, 6.07) is 0. The van der Waals surface area contributed by atoms with E-state index in [9.17, 15) is 0 Å². The molecule has 0 aromatic carbocycles. The van der Waals surface area contributed by atoms with Crippen molar-refractivity contribution in [1.82, 2.24) is 5.32 Å². The van der Waals surface area contributed by atoms with E-state index in [-0.39, 0.29) is 0 Å². The van der Waals surface area contributed by atoms with E-state index in [0.717, 1.165) is 11.8 Å². The first-order valence-corrected chi connectivity index (χ1v) is 7.40. The fraction of sp³-hybridized carbons (Fsp3) is 1.00. The maximum atomic E-state index is 3.87. The fourth-order valence-corrected chi connectivity index (χ4v) is 3.23. The topological polar surface area (TPSA) is 12.0 Å². The van der Waals surface area contributed by atoms with Gasteiger partial charge in [-0.2, -0.15) is 0 Å². The number of hydrogen-bond acceptors (Lipinski definition) is 1. The Kier molecular flexibility index (Phi) is 5.82. The minimum Gasteiger partial charge on any atom is -0.311 e. The summed E-state index contributed by atoms with van der Waals surface area (Å²) in [6.07, 6.45) is 9.60. The van der Waals surface area contributed by atoms with E-state index in [4.69, 9.17) is 0 Å². The van der Waals surface area contributed by atoms with Gasteiger partial charge in [0, 0.05) is 5.54 Å². The van der Waals surface area contributed by atoms with Crippen LogP contribution in [-0.2, 0) is 0 Å². The summed E-state index contributed by atoms with van der Waals surface area (Å²) in [4.78, 5) is 0. The molecule has 1 nitrogen and oxygen atoms in total. The lowest BCUT2D eigenvalue weighted by Gasteiger charge is -2.35. The molecular formula is C15H31N. The lowest BCUT2D eigenvalue weighted by molar-refractivity contribution is 0.223. The molecule has 1 aliphatic carbocycles. The second-order valence-corrected chi connectivity index (χ2v) is 5.86. The molecule has 0 saturated heterocycles. The van der Waals surface area contributed by atoms with Crippen LogP contribution < -0.4 is 5.32 Å². The van der Waals surface area contributed by atoms with Crippen LogP contribution in [0.25, 0.3) is 0 Å². The first-order valence-electron chi connectivity index (χ1n) is 7.40. The molecule has 2 unspecified atom stereocenters. The molecule has 96 valence electrons. The van der Waals surface area contributed by atoms with Gasteiger partial charge in [0.2, 0.25) is 0 Å². The van der Waals surface area contributed by atoms with Gasteiger partial charge in [-0.15, -0.1) is 0 Å². The highest BCUT2D eigenvalue weighted by atomic mass is 15.0. The van der Waals surface area contributed by atoms with Crippen molar-refractivity contribution in [1.29, 1.82) is 0 Å². The molecule has 1 fully saturated rings. The molecule has 1 rings (SSSR count). The molecule has 0 aliphatic heterocycles. The van der Waals surface area contributed by atoms with Crippen LogP contribution in [0.1, 0.15) is 72.6 Å². The highest BCUT2D eigenvalue weighted by Gasteiger charge is 2.25. The van der Waals surface area contributed by atoms with Gasteiger partial charge in [-0.1, -0.05) is 40.5 Å². The van der Waals surface area contributed by atoms with Gasteiger partial charge in [0.25, 0.3) is 0 Å². The van der Waals surface area contributed by atoms with Crippen LogP contribution in [0.2, 0.25) is 0 Å². The van der Waals surface area contributed by atoms with Crippen molar-refractivity contribution < 1.29 is 0 Å². The van der Waals surface area contributed by atoms with Crippen LogP contribution in [0.15, 0.2) is 0 Å². The van der Waals surface area contributed by atoms with Crippen molar-refractivity contribution in [2.75, 3.05) is 6.54 Å². The molecule has 16 heavy (non-hydrogen) atoms. The lowest BCUT2D eigenvalue weighted by Crippen LogP contribution is -2.46. The number of nitrogens with one attached hydrogen (secondary N) is 1. The first kappa shape index (κ1) is 14.0. The maximum Gasteiger partial charge on any atom is 0.0173 e. The molecule has 0 bridgehead atoms. The van der Waals surface area contributed by atoms with Gasteiger partial charge >= 0.3 is 0 Å². The van der Waals surface area contributed by atoms with Crippen LogP contribution in [0.3, 0.4) is 0 Å². The zero-order valence-electron chi connectivity index (χ0n) is 11.8. The highest BCUT2D eigenvalue weighted by Crippen LogP contribution is 2.29. The van der Waals surface area contributed by atoms with Gasteiger partial charge < -0.3 is 5.32 Å². The van der Waals surface area contributed by atoms with E-state index in [2.05, 4.69) is 33.0 Å². The summed E-state index contributed by atoms with van der Waals surface area (Å²) >= 11 is 0. The van der Waals surface area contributed by atoms with Crippen LogP contribution in [0, 0.1) is 11.8 Å². The van der Waals surface area contributed by atoms with Crippen molar-refractivity contribution in [2.45, 2.75) is 78.2 Å². The van der Waals surface area contributed by atoms with Crippen LogP contribution in [0.5, 0.6) is 0 Å². The molecule has 1 aliphatic rings. The average Bonchev–Trinajstić information content (AvgIpc) is 2.32. The Morgan fingerprint density at radius 1 is 1.06 bits per heavy atom. The minimum absolute atomic E-state index is 0.417. The molecule has 1 heteroatoms. The molecule has 0 heterocycles. The Hall–Kier alpha value is -0.0400. The Morgan fingerprint density at radius 3 is 2.19 bits per heavy atom. The van der Waals surface area contributed by atoms with Gasteiger partial charge in [-0.05, 0) is 50.5 Å². The molecular weight excluding hydrogens is 194 g/mol. The second kappa shape index (κ2) is 6.64. The third-order valence-electron chi connectivity index (χ3n) is 4.84. The summed E-state index contributed by atoms with van der Waals surface area (Å²) in [5.41, 5.74) is 0.417.